The number of carbonyl (C=O) groups is 1. The van der Waals surface area contributed by atoms with Crippen molar-refractivity contribution in [3.63, 3.8) is 0 Å². The topological polar surface area (TPSA) is 54.5 Å². The maximum Gasteiger partial charge on any atom is 0.227 e. The summed E-state index contributed by atoms with van der Waals surface area (Å²) in [6.07, 6.45) is 1.20. The molecule has 0 unspecified atom stereocenters. The Kier molecular flexibility index (Phi) is 2.89. The molecule has 0 aromatic heterocycles. The van der Waals surface area contributed by atoms with Gasteiger partial charge in [0.2, 0.25) is 5.91 Å². The second-order valence-electron chi connectivity index (χ2n) is 5.35. The van der Waals surface area contributed by atoms with E-state index in [0.717, 1.165) is 17.7 Å². The number of benzene rings is 1. The average Bonchev–Trinajstić information content (AvgIpc) is 2.79. The lowest BCUT2D eigenvalue weighted by molar-refractivity contribution is -0.117. The summed E-state index contributed by atoms with van der Waals surface area (Å²) < 4.78 is 23.5. The molecule has 0 aliphatic carbocycles. The van der Waals surface area contributed by atoms with Crippen molar-refractivity contribution in [1.82, 2.24) is 0 Å². The molecule has 1 aromatic carbocycles. The maximum absolute atomic E-state index is 12.2. The summed E-state index contributed by atoms with van der Waals surface area (Å²) in [7, 11) is -2.98. The molecular weight excluding hydrogens is 262 g/mol. The van der Waals surface area contributed by atoms with Gasteiger partial charge in [-0.2, -0.15) is 0 Å². The van der Waals surface area contributed by atoms with Crippen molar-refractivity contribution in [3.05, 3.63) is 29.8 Å². The Bertz CT molecular complexity index is 623. The normalized spacial score (nSPS) is 28.7. The molecule has 1 aromatic rings. The van der Waals surface area contributed by atoms with Crippen LogP contribution in [-0.2, 0) is 21.1 Å². The van der Waals surface area contributed by atoms with Gasteiger partial charge >= 0.3 is 0 Å². The van der Waals surface area contributed by atoms with E-state index in [4.69, 9.17) is 0 Å². The Labute approximate surface area is 113 Å². The fourth-order valence-electron chi connectivity index (χ4n) is 3.25. The van der Waals surface area contributed by atoms with Crippen molar-refractivity contribution in [1.29, 1.82) is 0 Å². The van der Waals surface area contributed by atoms with E-state index in [1.165, 1.54) is 0 Å². The van der Waals surface area contributed by atoms with E-state index in [2.05, 4.69) is 0 Å². The smallest absolute Gasteiger partial charge is 0.227 e. The van der Waals surface area contributed by atoms with Crippen LogP contribution in [0.2, 0.25) is 0 Å². The van der Waals surface area contributed by atoms with Gasteiger partial charge in [0, 0.05) is 18.0 Å². The second kappa shape index (κ2) is 4.34. The highest BCUT2D eigenvalue weighted by Crippen LogP contribution is 2.38. The van der Waals surface area contributed by atoms with E-state index in [-0.39, 0.29) is 29.4 Å². The Morgan fingerprint density at radius 3 is 2.74 bits per heavy atom. The SMILES string of the molecule is CCc1ccccc1N1C(=O)C[C@@H]2CS(=O)(=O)C[C@@H]21. The summed E-state index contributed by atoms with van der Waals surface area (Å²) in [4.78, 5) is 13.9. The predicted molar refractivity (Wildman–Crippen MR) is 73.9 cm³/mol. The molecule has 5 heteroatoms. The number of sulfone groups is 1. The zero-order chi connectivity index (χ0) is 13.6. The van der Waals surface area contributed by atoms with Gasteiger partial charge in [-0.25, -0.2) is 8.42 Å². The van der Waals surface area contributed by atoms with Gasteiger partial charge in [0.25, 0.3) is 0 Å². The van der Waals surface area contributed by atoms with Crippen molar-refractivity contribution in [2.24, 2.45) is 5.92 Å². The third-order valence-corrected chi connectivity index (χ3v) is 5.89. The Hall–Kier alpha value is -1.36. The molecule has 1 amide bonds. The summed E-state index contributed by atoms with van der Waals surface area (Å²) in [6, 6.07) is 7.61. The van der Waals surface area contributed by atoms with Crippen LogP contribution in [0.1, 0.15) is 18.9 Å². The first-order valence-corrected chi connectivity index (χ1v) is 8.44. The van der Waals surface area contributed by atoms with Crippen molar-refractivity contribution in [2.75, 3.05) is 16.4 Å². The highest BCUT2D eigenvalue weighted by Gasteiger charge is 2.49. The second-order valence-corrected chi connectivity index (χ2v) is 7.51. The van der Waals surface area contributed by atoms with E-state index in [0.29, 0.717) is 6.42 Å². The van der Waals surface area contributed by atoms with Crippen LogP contribution in [0.3, 0.4) is 0 Å². The van der Waals surface area contributed by atoms with Gasteiger partial charge in [0.05, 0.1) is 17.5 Å². The summed E-state index contributed by atoms with van der Waals surface area (Å²) in [5, 5.41) is 0. The van der Waals surface area contributed by atoms with E-state index in [9.17, 15) is 13.2 Å². The number of amides is 1. The molecule has 0 saturated carbocycles. The molecule has 2 heterocycles. The third kappa shape index (κ3) is 2.06. The van der Waals surface area contributed by atoms with Gasteiger partial charge in [-0.3, -0.25) is 4.79 Å². The molecule has 19 heavy (non-hydrogen) atoms. The molecule has 4 nitrogen and oxygen atoms in total. The van der Waals surface area contributed by atoms with Gasteiger partial charge in [-0.1, -0.05) is 25.1 Å². The van der Waals surface area contributed by atoms with Gasteiger partial charge in [-0.15, -0.1) is 0 Å². The lowest BCUT2D eigenvalue weighted by Crippen LogP contribution is -2.36. The van der Waals surface area contributed by atoms with Crippen molar-refractivity contribution in [2.45, 2.75) is 25.8 Å². The minimum Gasteiger partial charge on any atom is -0.308 e. The zero-order valence-corrected chi connectivity index (χ0v) is 11.7. The summed E-state index contributed by atoms with van der Waals surface area (Å²) in [6.45, 7) is 2.04. The summed E-state index contributed by atoms with van der Waals surface area (Å²) in [5.74, 6) is 0.309. The molecule has 2 fully saturated rings. The zero-order valence-electron chi connectivity index (χ0n) is 10.9. The quantitative estimate of drug-likeness (QED) is 0.822. The fraction of sp³-hybridized carbons (Fsp3) is 0.500. The van der Waals surface area contributed by atoms with Crippen LogP contribution in [0.25, 0.3) is 0 Å². The average molecular weight is 279 g/mol. The molecular formula is C14H17NO3S. The van der Waals surface area contributed by atoms with E-state index < -0.39 is 9.84 Å². The van der Waals surface area contributed by atoms with Crippen LogP contribution in [0, 0.1) is 5.92 Å². The van der Waals surface area contributed by atoms with Crippen LogP contribution in [0.4, 0.5) is 5.69 Å². The van der Waals surface area contributed by atoms with Crippen LogP contribution in [0.15, 0.2) is 24.3 Å². The molecule has 2 atom stereocenters. The van der Waals surface area contributed by atoms with Gasteiger partial charge in [0.1, 0.15) is 0 Å². The number of anilines is 1. The maximum atomic E-state index is 12.2. The monoisotopic (exact) mass is 279 g/mol. The van der Waals surface area contributed by atoms with Crippen LogP contribution >= 0.6 is 0 Å². The predicted octanol–water partition coefficient (Wildman–Crippen LogP) is 1.40. The minimum absolute atomic E-state index is 0.0255. The lowest BCUT2D eigenvalue weighted by Gasteiger charge is -2.25. The Morgan fingerprint density at radius 1 is 1.26 bits per heavy atom. The van der Waals surface area contributed by atoms with E-state index >= 15 is 0 Å². The van der Waals surface area contributed by atoms with E-state index in [1.54, 1.807) is 4.90 Å². The van der Waals surface area contributed by atoms with Gasteiger partial charge in [-0.05, 0) is 18.1 Å². The number of hydrogen-bond donors (Lipinski definition) is 0. The number of nitrogens with zero attached hydrogens (tertiary/aromatic N) is 1. The van der Waals surface area contributed by atoms with Crippen LogP contribution in [0.5, 0.6) is 0 Å². The number of aryl methyl sites for hydroxylation is 1. The molecule has 0 N–H and O–H groups in total. The summed E-state index contributed by atoms with van der Waals surface area (Å²) in [5.41, 5.74) is 1.99. The van der Waals surface area contributed by atoms with Gasteiger partial charge < -0.3 is 4.90 Å². The molecule has 3 rings (SSSR count). The highest BCUT2D eigenvalue weighted by molar-refractivity contribution is 7.91. The minimum atomic E-state index is -2.98. The summed E-state index contributed by atoms with van der Waals surface area (Å²) >= 11 is 0. The van der Waals surface area contributed by atoms with Crippen molar-refractivity contribution >= 4 is 21.4 Å². The van der Waals surface area contributed by atoms with Gasteiger partial charge in [0.15, 0.2) is 9.84 Å². The molecule has 0 bridgehead atoms. The van der Waals surface area contributed by atoms with Crippen LogP contribution in [-0.4, -0.2) is 31.9 Å². The Morgan fingerprint density at radius 2 is 2.00 bits per heavy atom. The third-order valence-electron chi connectivity index (χ3n) is 4.11. The molecule has 0 radical (unpaired) electrons. The first kappa shape index (κ1) is 12.7. The molecule has 0 spiro atoms. The molecule has 102 valence electrons. The Balaban J connectivity index is 2.02. The highest BCUT2D eigenvalue weighted by atomic mass is 32.2. The van der Waals surface area contributed by atoms with E-state index in [1.807, 2.05) is 31.2 Å². The number of hydrogen-bond acceptors (Lipinski definition) is 3. The fourth-order valence-corrected chi connectivity index (χ4v) is 5.32. The number of fused-ring (bicyclic) bond motifs is 1. The van der Waals surface area contributed by atoms with Crippen molar-refractivity contribution in [3.8, 4) is 0 Å². The number of para-hydroxylation sites is 1. The first-order valence-electron chi connectivity index (χ1n) is 6.62. The lowest BCUT2D eigenvalue weighted by atomic mass is 10.0. The molecule has 2 aliphatic rings. The molecule has 2 saturated heterocycles. The number of carbonyl (C=O) groups excluding carboxylic acids is 1. The standard InChI is InChI=1S/C14H17NO3S/c1-2-10-5-3-4-6-12(10)15-13-9-19(17,18)8-11(13)7-14(15)16/h3-6,11,13H,2,7-9H2,1H3/t11-,13+/m1/s1. The van der Waals surface area contributed by atoms with Crippen LogP contribution < -0.4 is 4.90 Å². The molecule has 2 aliphatic heterocycles. The largest absolute Gasteiger partial charge is 0.308 e. The van der Waals surface area contributed by atoms with Crippen molar-refractivity contribution < 1.29 is 13.2 Å². The number of rotatable bonds is 2. The first-order chi connectivity index (χ1) is 9.02.